The Kier molecular flexibility index (Phi) is 3.86. The van der Waals surface area contributed by atoms with Crippen molar-refractivity contribution in [1.29, 1.82) is 0 Å². The van der Waals surface area contributed by atoms with Crippen LogP contribution in [0, 0.1) is 5.92 Å². The van der Waals surface area contributed by atoms with Crippen LogP contribution < -0.4 is 5.73 Å². The lowest BCUT2D eigenvalue weighted by atomic mass is 9.85. The van der Waals surface area contributed by atoms with E-state index in [0.29, 0.717) is 17.9 Å². The van der Waals surface area contributed by atoms with Gasteiger partial charge in [0.1, 0.15) is 5.76 Å². The lowest BCUT2D eigenvalue weighted by Crippen LogP contribution is -2.20. The van der Waals surface area contributed by atoms with Gasteiger partial charge < -0.3 is 15.6 Å². The molecule has 3 N–H and O–H groups in total. The van der Waals surface area contributed by atoms with Crippen LogP contribution in [0.25, 0.3) is 5.57 Å². The summed E-state index contributed by atoms with van der Waals surface area (Å²) in [6.45, 7) is 2.03. The first-order chi connectivity index (χ1) is 10.6. The topological polar surface area (TPSA) is 72.5 Å². The molecule has 0 spiro atoms. The van der Waals surface area contributed by atoms with Crippen molar-refractivity contribution in [3.05, 3.63) is 58.9 Å². The molecule has 0 saturated carbocycles. The first-order valence-electron chi connectivity index (χ1n) is 7.40. The SMILES string of the molecule is CC1=CC(=O)OC2=CC(c3ccc(N)c(CCO)c3)=CCC12. The molecule has 22 heavy (non-hydrogen) atoms. The van der Waals surface area contributed by atoms with E-state index >= 15 is 0 Å². The van der Waals surface area contributed by atoms with E-state index in [1.807, 2.05) is 31.2 Å². The summed E-state index contributed by atoms with van der Waals surface area (Å²) in [5, 5.41) is 9.11. The number of fused-ring (bicyclic) bond motifs is 1. The average molecular weight is 297 g/mol. The second kappa shape index (κ2) is 5.81. The Hall–Kier alpha value is -2.33. The fraction of sp³-hybridized carbons (Fsp3) is 0.278. The molecule has 4 heteroatoms. The monoisotopic (exact) mass is 297 g/mol. The number of rotatable bonds is 3. The second-order valence-electron chi connectivity index (χ2n) is 5.69. The molecule has 1 atom stereocenters. The number of nitrogen functional groups attached to an aromatic ring is 1. The van der Waals surface area contributed by atoms with E-state index in [1.165, 1.54) is 0 Å². The standard InChI is InChI=1S/C18H19NO3/c1-11-8-18(21)22-17-10-13(2-4-15(11)17)12-3-5-16(19)14(9-12)6-7-20/h2-3,5,8-10,15,20H,4,6-7,19H2,1H3. The van der Waals surface area contributed by atoms with Crippen molar-refractivity contribution in [3.8, 4) is 0 Å². The Morgan fingerprint density at radius 2 is 2.18 bits per heavy atom. The number of carbonyl (C=O) groups excluding carboxylic acids is 1. The summed E-state index contributed by atoms with van der Waals surface area (Å²) in [5.41, 5.74) is 10.6. The van der Waals surface area contributed by atoms with Crippen molar-refractivity contribution in [1.82, 2.24) is 0 Å². The Bertz CT molecular complexity index is 713. The van der Waals surface area contributed by atoms with E-state index in [2.05, 4.69) is 6.08 Å². The normalized spacial score (nSPS) is 20.5. The third-order valence-corrected chi connectivity index (χ3v) is 4.19. The molecule has 1 aliphatic heterocycles. The molecule has 0 radical (unpaired) electrons. The van der Waals surface area contributed by atoms with Crippen LogP contribution in [0.2, 0.25) is 0 Å². The molecule has 0 amide bonds. The third kappa shape index (κ3) is 2.70. The van der Waals surface area contributed by atoms with Crippen LogP contribution in [0.5, 0.6) is 0 Å². The quantitative estimate of drug-likeness (QED) is 0.664. The number of aliphatic hydroxyl groups excluding tert-OH is 1. The van der Waals surface area contributed by atoms with Crippen LogP contribution in [0.1, 0.15) is 24.5 Å². The van der Waals surface area contributed by atoms with Gasteiger partial charge in [-0.15, -0.1) is 0 Å². The summed E-state index contributed by atoms with van der Waals surface area (Å²) in [5.74, 6) is 0.565. The van der Waals surface area contributed by atoms with E-state index in [9.17, 15) is 4.79 Å². The van der Waals surface area contributed by atoms with Gasteiger partial charge >= 0.3 is 5.97 Å². The number of allylic oxidation sites excluding steroid dienone is 4. The maximum atomic E-state index is 11.6. The van der Waals surface area contributed by atoms with E-state index < -0.39 is 0 Å². The summed E-state index contributed by atoms with van der Waals surface area (Å²) in [4.78, 5) is 11.6. The van der Waals surface area contributed by atoms with E-state index in [4.69, 9.17) is 15.6 Å². The van der Waals surface area contributed by atoms with Gasteiger partial charge in [0.2, 0.25) is 0 Å². The Morgan fingerprint density at radius 3 is 2.95 bits per heavy atom. The number of aliphatic hydroxyl groups is 1. The molecule has 2 aliphatic rings. The predicted molar refractivity (Wildman–Crippen MR) is 85.7 cm³/mol. The van der Waals surface area contributed by atoms with Gasteiger partial charge in [0.05, 0.1) is 0 Å². The molecular weight excluding hydrogens is 278 g/mol. The zero-order chi connectivity index (χ0) is 15.7. The Balaban J connectivity index is 1.93. The fourth-order valence-electron chi connectivity index (χ4n) is 2.94. The third-order valence-electron chi connectivity index (χ3n) is 4.19. The summed E-state index contributed by atoms with van der Waals surface area (Å²) in [7, 11) is 0. The van der Waals surface area contributed by atoms with Gasteiger partial charge in [0, 0.05) is 24.3 Å². The number of carbonyl (C=O) groups is 1. The molecule has 1 aromatic rings. The number of esters is 1. The molecule has 0 fully saturated rings. The smallest absolute Gasteiger partial charge is 0.335 e. The van der Waals surface area contributed by atoms with E-state index in [1.54, 1.807) is 6.08 Å². The van der Waals surface area contributed by atoms with Gasteiger partial charge in [-0.25, -0.2) is 4.79 Å². The summed E-state index contributed by atoms with van der Waals surface area (Å²) >= 11 is 0. The minimum Gasteiger partial charge on any atom is -0.427 e. The molecule has 0 bridgehead atoms. The molecule has 4 nitrogen and oxygen atoms in total. The minimum atomic E-state index is -0.306. The summed E-state index contributed by atoms with van der Waals surface area (Å²) < 4.78 is 5.35. The minimum absolute atomic E-state index is 0.0669. The van der Waals surface area contributed by atoms with Crippen LogP contribution in [0.15, 0.2) is 47.8 Å². The van der Waals surface area contributed by atoms with Crippen LogP contribution in [0.4, 0.5) is 5.69 Å². The zero-order valence-electron chi connectivity index (χ0n) is 12.5. The highest BCUT2D eigenvalue weighted by Crippen LogP contribution is 2.37. The highest BCUT2D eigenvalue weighted by atomic mass is 16.5. The van der Waals surface area contributed by atoms with Crippen molar-refractivity contribution in [3.63, 3.8) is 0 Å². The molecule has 1 unspecified atom stereocenters. The van der Waals surface area contributed by atoms with Crippen molar-refractivity contribution in [2.24, 2.45) is 5.92 Å². The number of anilines is 1. The number of hydrogen-bond acceptors (Lipinski definition) is 4. The van der Waals surface area contributed by atoms with Gasteiger partial charge in [-0.2, -0.15) is 0 Å². The molecule has 3 rings (SSSR count). The van der Waals surface area contributed by atoms with Gasteiger partial charge in [0.25, 0.3) is 0 Å². The molecule has 0 aromatic heterocycles. The maximum Gasteiger partial charge on any atom is 0.335 e. The van der Waals surface area contributed by atoms with Gasteiger partial charge in [0.15, 0.2) is 0 Å². The highest BCUT2D eigenvalue weighted by Gasteiger charge is 2.27. The van der Waals surface area contributed by atoms with Crippen molar-refractivity contribution < 1.29 is 14.6 Å². The number of hydrogen-bond donors (Lipinski definition) is 2. The molecule has 0 saturated heterocycles. The molecular formula is C18H19NO3. The lowest BCUT2D eigenvalue weighted by molar-refractivity contribution is -0.135. The first kappa shape index (κ1) is 14.6. The van der Waals surface area contributed by atoms with Gasteiger partial charge in [-0.3, -0.25) is 0 Å². The van der Waals surface area contributed by atoms with Crippen LogP contribution in [-0.4, -0.2) is 17.7 Å². The first-order valence-corrected chi connectivity index (χ1v) is 7.40. The fourth-order valence-corrected chi connectivity index (χ4v) is 2.94. The predicted octanol–water partition coefficient (Wildman–Crippen LogP) is 2.59. The van der Waals surface area contributed by atoms with E-state index in [0.717, 1.165) is 28.7 Å². The zero-order valence-corrected chi connectivity index (χ0v) is 12.5. The molecule has 1 aliphatic carbocycles. The van der Waals surface area contributed by atoms with Crippen molar-refractivity contribution in [2.75, 3.05) is 12.3 Å². The Morgan fingerprint density at radius 1 is 1.36 bits per heavy atom. The van der Waals surface area contributed by atoms with E-state index in [-0.39, 0.29) is 18.5 Å². The highest BCUT2D eigenvalue weighted by molar-refractivity contribution is 5.87. The maximum absolute atomic E-state index is 11.6. The van der Waals surface area contributed by atoms with Gasteiger partial charge in [-0.1, -0.05) is 17.7 Å². The Labute approximate surface area is 129 Å². The molecule has 114 valence electrons. The lowest BCUT2D eigenvalue weighted by Gasteiger charge is -2.27. The average Bonchev–Trinajstić information content (AvgIpc) is 2.49. The summed E-state index contributed by atoms with van der Waals surface area (Å²) in [6.07, 6.45) is 6.98. The van der Waals surface area contributed by atoms with Gasteiger partial charge in [-0.05, 0) is 54.7 Å². The number of benzene rings is 1. The second-order valence-corrected chi connectivity index (χ2v) is 5.69. The molecule has 1 aromatic carbocycles. The number of nitrogens with two attached hydrogens (primary N) is 1. The number of ether oxygens (including phenoxy) is 1. The van der Waals surface area contributed by atoms with Crippen LogP contribution in [0.3, 0.4) is 0 Å². The van der Waals surface area contributed by atoms with Crippen LogP contribution in [-0.2, 0) is 16.0 Å². The van der Waals surface area contributed by atoms with Crippen molar-refractivity contribution >= 4 is 17.2 Å². The van der Waals surface area contributed by atoms with Crippen molar-refractivity contribution in [2.45, 2.75) is 19.8 Å². The summed E-state index contributed by atoms with van der Waals surface area (Å²) in [6, 6.07) is 5.79. The largest absolute Gasteiger partial charge is 0.427 e. The molecule has 1 heterocycles. The van der Waals surface area contributed by atoms with Crippen LogP contribution >= 0.6 is 0 Å².